The minimum atomic E-state index is 0.551. The molecule has 2 aromatic carbocycles. The Labute approximate surface area is 133 Å². The number of halogens is 1. The third-order valence-electron chi connectivity index (χ3n) is 3.16. The van der Waals surface area contributed by atoms with Crippen LogP contribution in [-0.2, 0) is 13.0 Å². The van der Waals surface area contributed by atoms with Crippen molar-refractivity contribution in [3.63, 3.8) is 0 Å². The predicted octanol–water partition coefficient (Wildman–Crippen LogP) is 4.81. The van der Waals surface area contributed by atoms with E-state index in [1.54, 1.807) is 0 Å². The summed E-state index contributed by atoms with van der Waals surface area (Å²) in [6, 6.07) is 16.1. The van der Waals surface area contributed by atoms with Crippen LogP contribution in [0, 0.1) is 0 Å². The van der Waals surface area contributed by atoms with E-state index in [4.69, 9.17) is 9.94 Å². The Morgan fingerprint density at radius 1 is 1.14 bits per heavy atom. The summed E-state index contributed by atoms with van der Waals surface area (Å²) in [5.74, 6) is 0.853. The van der Waals surface area contributed by atoms with Crippen molar-refractivity contribution in [3.05, 3.63) is 64.1 Å². The van der Waals surface area contributed by atoms with E-state index >= 15 is 0 Å². The fourth-order valence-electron chi connectivity index (χ4n) is 1.92. The summed E-state index contributed by atoms with van der Waals surface area (Å²) >= 11 is 3.45. The van der Waals surface area contributed by atoms with Gasteiger partial charge in [0.1, 0.15) is 12.4 Å². The van der Waals surface area contributed by atoms with Gasteiger partial charge < -0.3 is 9.94 Å². The molecule has 0 aliphatic heterocycles. The lowest BCUT2D eigenvalue weighted by Gasteiger charge is -2.08. The molecule has 0 saturated heterocycles. The van der Waals surface area contributed by atoms with Gasteiger partial charge in [-0.1, -0.05) is 45.4 Å². The van der Waals surface area contributed by atoms with Crippen LogP contribution in [0.2, 0.25) is 0 Å². The molecule has 0 saturated carbocycles. The van der Waals surface area contributed by atoms with Gasteiger partial charge >= 0.3 is 0 Å². The van der Waals surface area contributed by atoms with Crippen molar-refractivity contribution in [2.45, 2.75) is 26.4 Å². The molecule has 0 bridgehead atoms. The molecule has 2 rings (SSSR count). The number of nitrogens with zero attached hydrogens (tertiary/aromatic N) is 1. The van der Waals surface area contributed by atoms with E-state index < -0.39 is 0 Å². The lowest BCUT2D eigenvalue weighted by atomic mass is 10.1. The molecular weight excluding hydrogens is 330 g/mol. The molecule has 1 N–H and O–H groups in total. The molecule has 0 aliphatic rings. The molecule has 4 heteroatoms. The van der Waals surface area contributed by atoms with Crippen LogP contribution in [0.25, 0.3) is 0 Å². The topological polar surface area (TPSA) is 41.8 Å². The van der Waals surface area contributed by atoms with Gasteiger partial charge in [0.25, 0.3) is 0 Å². The third kappa shape index (κ3) is 5.23. The minimum Gasteiger partial charge on any atom is -0.489 e. The molecule has 21 heavy (non-hydrogen) atoms. The molecule has 0 aromatic heterocycles. The molecule has 0 spiro atoms. The van der Waals surface area contributed by atoms with E-state index in [9.17, 15) is 0 Å². The van der Waals surface area contributed by atoms with Gasteiger partial charge in [-0.2, -0.15) is 0 Å². The second kappa shape index (κ2) is 7.84. The number of hydrogen-bond donors (Lipinski definition) is 1. The predicted molar refractivity (Wildman–Crippen MR) is 88.1 cm³/mol. The second-order valence-corrected chi connectivity index (χ2v) is 5.81. The molecule has 0 unspecified atom stereocenters. The average Bonchev–Trinajstić information content (AvgIpc) is 2.51. The fourth-order valence-corrected chi connectivity index (χ4v) is 2.37. The third-order valence-corrected chi connectivity index (χ3v) is 3.66. The van der Waals surface area contributed by atoms with Crippen LogP contribution in [0.15, 0.2) is 58.2 Å². The molecule has 0 heterocycles. The molecule has 0 radical (unpaired) electrons. The Bertz CT molecular complexity index is 608. The zero-order valence-corrected chi connectivity index (χ0v) is 13.5. The standard InChI is InChI=1S/C17H18BrNO2/c1-13(19-20)5-6-14-7-9-17(10-8-14)21-12-15-3-2-4-16(18)11-15/h2-4,7-11,20H,5-6,12H2,1H3/b19-13+. The van der Waals surface area contributed by atoms with Gasteiger partial charge in [0.2, 0.25) is 0 Å². The largest absolute Gasteiger partial charge is 0.489 e. The van der Waals surface area contributed by atoms with Crippen LogP contribution in [0.4, 0.5) is 0 Å². The number of rotatable bonds is 6. The Morgan fingerprint density at radius 2 is 1.90 bits per heavy atom. The molecular formula is C17H18BrNO2. The lowest BCUT2D eigenvalue weighted by molar-refractivity contribution is 0.306. The molecule has 110 valence electrons. The fraction of sp³-hybridized carbons (Fsp3) is 0.235. The van der Waals surface area contributed by atoms with E-state index in [-0.39, 0.29) is 0 Å². The van der Waals surface area contributed by atoms with Gasteiger partial charge in [-0.05, 0) is 55.2 Å². The van der Waals surface area contributed by atoms with Crippen molar-refractivity contribution in [1.82, 2.24) is 0 Å². The molecule has 0 aliphatic carbocycles. The highest BCUT2D eigenvalue weighted by molar-refractivity contribution is 9.10. The van der Waals surface area contributed by atoms with Crippen molar-refractivity contribution in [2.24, 2.45) is 5.16 Å². The number of hydrogen-bond acceptors (Lipinski definition) is 3. The highest BCUT2D eigenvalue weighted by Gasteiger charge is 1.99. The molecule has 2 aromatic rings. The summed E-state index contributed by atoms with van der Waals surface area (Å²) < 4.78 is 6.82. The van der Waals surface area contributed by atoms with Gasteiger partial charge in [0.05, 0.1) is 5.71 Å². The smallest absolute Gasteiger partial charge is 0.119 e. The van der Waals surface area contributed by atoms with Crippen LogP contribution in [0.5, 0.6) is 5.75 Å². The zero-order chi connectivity index (χ0) is 15.1. The zero-order valence-electron chi connectivity index (χ0n) is 11.9. The van der Waals surface area contributed by atoms with E-state index in [0.29, 0.717) is 6.61 Å². The number of ether oxygens (including phenoxy) is 1. The lowest BCUT2D eigenvalue weighted by Crippen LogP contribution is -1.97. The highest BCUT2D eigenvalue weighted by atomic mass is 79.9. The van der Waals surface area contributed by atoms with Gasteiger partial charge in [-0.3, -0.25) is 0 Å². The maximum absolute atomic E-state index is 8.62. The van der Waals surface area contributed by atoms with Gasteiger partial charge in [0.15, 0.2) is 0 Å². The van der Waals surface area contributed by atoms with Crippen molar-refractivity contribution >= 4 is 21.6 Å². The van der Waals surface area contributed by atoms with E-state index in [1.165, 1.54) is 5.56 Å². The quantitative estimate of drug-likeness (QED) is 0.462. The first-order valence-electron chi connectivity index (χ1n) is 6.81. The van der Waals surface area contributed by atoms with Gasteiger partial charge in [0, 0.05) is 4.47 Å². The van der Waals surface area contributed by atoms with Gasteiger partial charge in [-0.15, -0.1) is 0 Å². The SMILES string of the molecule is C/C(CCc1ccc(OCc2cccc(Br)c2)cc1)=N\O. The van der Waals surface area contributed by atoms with Crippen molar-refractivity contribution in [3.8, 4) is 5.75 Å². The normalized spacial score (nSPS) is 11.4. The summed E-state index contributed by atoms with van der Waals surface area (Å²) in [6.07, 6.45) is 1.62. The first kappa shape index (κ1) is 15.6. The number of oxime groups is 1. The Kier molecular flexibility index (Phi) is 5.81. The maximum Gasteiger partial charge on any atom is 0.119 e. The molecule has 0 amide bonds. The van der Waals surface area contributed by atoms with Crippen molar-refractivity contribution in [2.75, 3.05) is 0 Å². The van der Waals surface area contributed by atoms with Crippen molar-refractivity contribution < 1.29 is 9.94 Å². The summed E-state index contributed by atoms with van der Waals surface area (Å²) in [7, 11) is 0. The summed E-state index contributed by atoms with van der Waals surface area (Å²) in [6.45, 7) is 2.37. The van der Waals surface area contributed by atoms with Crippen LogP contribution in [0.1, 0.15) is 24.5 Å². The van der Waals surface area contributed by atoms with Crippen LogP contribution < -0.4 is 4.74 Å². The Balaban J connectivity index is 1.87. The van der Waals surface area contributed by atoms with Crippen molar-refractivity contribution in [1.29, 1.82) is 0 Å². The molecule has 3 nitrogen and oxygen atoms in total. The van der Waals surface area contributed by atoms with Crippen LogP contribution in [-0.4, -0.2) is 10.9 Å². The average molecular weight is 348 g/mol. The monoisotopic (exact) mass is 347 g/mol. The summed E-state index contributed by atoms with van der Waals surface area (Å²) in [5.41, 5.74) is 3.07. The summed E-state index contributed by atoms with van der Waals surface area (Å²) in [4.78, 5) is 0. The Morgan fingerprint density at radius 3 is 2.57 bits per heavy atom. The molecule has 0 atom stereocenters. The second-order valence-electron chi connectivity index (χ2n) is 4.90. The van der Waals surface area contributed by atoms with Crippen LogP contribution >= 0.6 is 15.9 Å². The first-order valence-corrected chi connectivity index (χ1v) is 7.60. The van der Waals surface area contributed by atoms with Crippen LogP contribution in [0.3, 0.4) is 0 Å². The number of benzene rings is 2. The minimum absolute atomic E-state index is 0.551. The van der Waals surface area contributed by atoms with E-state index in [0.717, 1.165) is 34.3 Å². The van der Waals surface area contributed by atoms with E-state index in [2.05, 4.69) is 21.1 Å². The van der Waals surface area contributed by atoms with Gasteiger partial charge in [-0.25, -0.2) is 0 Å². The number of aryl methyl sites for hydroxylation is 1. The summed E-state index contributed by atoms with van der Waals surface area (Å²) in [5, 5.41) is 11.8. The highest BCUT2D eigenvalue weighted by Crippen LogP contribution is 2.17. The Hall–Kier alpha value is -1.81. The maximum atomic E-state index is 8.62. The first-order chi connectivity index (χ1) is 10.2. The molecule has 0 fully saturated rings. The van der Waals surface area contributed by atoms with E-state index in [1.807, 2.05) is 55.5 Å².